The van der Waals surface area contributed by atoms with E-state index in [0.29, 0.717) is 5.54 Å². The fourth-order valence-corrected chi connectivity index (χ4v) is 2.27. The van der Waals surface area contributed by atoms with Crippen LogP contribution < -0.4 is 0 Å². The first-order valence-electron chi connectivity index (χ1n) is 5.43. The molecule has 0 aromatic rings. The van der Waals surface area contributed by atoms with Gasteiger partial charge < -0.3 is 0 Å². The number of hydrogen-bond acceptors (Lipinski definition) is 1. The molecule has 0 bridgehead atoms. The molecule has 1 saturated heterocycles. The highest BCUT2D eigenvalue weighted by molar-refractivity contribution is 4.89. The predicted molar refractivity (Wildman–Crippen MR) is 52.2 cm³/mol. The van der Waals surface area contributed by atoms with Gasteiger partial charge in [-0.05, 0) is 52.0 Å². The quantitative estimate of drug-likeness (QED) is 0.611. The zero-order valence-electron chi connectivity index (χ0n) is 8.47. The van der Waals surface area contributed by atoms with E-state index in [-0.39, 0.29) is 0 Å². The molecule has 0 amide bonds. The lowest BCUT2D eigenvalue weighted by atomic mass is 9.90. The van der Waals surface area contributed by atoms with E-state index in [1.165, 1.54) is 45.2 Å². The van der Waals surface area contributed by atoms with E-state index in [4.69, 9.17) is 0 Å². The second kappa shape index (κ2) is 3.02. The Morgan fingerprint density at radius 1 is 1.25 bits per heavy atom. The summed E-state index contributed by atoms with van der Waals surface area (Å²) in [4.78, 5) is 2.72. The van der Waals surface area contributed by atoms with E-state index >= 15 is 0 Å². The molecule has 0 aromatic heterocycles. The molecule has 0 N–H and O–H groups in total. The topological polar surface area (TPSA) is 3.24 Å². The minimum Gasteiger partial charge on any atom is -0.298 e. The molecule has 2 rings (SSSR count). The van der Waals surface area contributed by atoms with Gasteiger partial charge in [0.1, 0.15) is 0 Å². The summed E-state index contributed by atoms with van der Waals surface area (Å²) >= 11 is 0. The molecule has 70 valence electrons. The predicted octanol–water partition coefficient (Wildman–Crippen LogP) is 2.66. The lowest BCUT2D eigenvalue weighted by Gasteiger charge is -2.42. The average molecular weight is 167 g/mol. The van der Waals surface area contributed by atoms with Crippen LogP contribution in [-0.4, -0.2) is 23.5 Å². The van der Waals surface area contributed by atoms with E-state index in [2.05, 4.69) is 18.7 Å². The van der Waals surface area contributed by atoms with Gasteiger partial charge in [-0.3, -0.25) is 4.90 Å². The molecule has 1 saturated carbocycles. The number of piperidine rings is 1. The van der Waals surface area contributed by atoms with Crippen LogP contribution in [0.3, 0.4) is 0 Å². The number of rotatable bonds is 2. The van der Waals surface area contributed by atoms with Crippen molar-refractivity contribution in [1.82, 2.24) is 4.90 Å². The first-order valence-corrected chi connectivity index (χ1v) is 5.43. The maximum Gasteiger partial charge on any atom is 0.0153 e. The Kier molecular flexibility index (Phi) is 2.16. The highest BCUT2D eigenvalue weighted by Crippen LogP contribution is 2.35. The van der Waals surface area contributed by atoms with Gasteiger partial charge >= 0.3 is 0 Å². The summed E-state index contributed by atoms with van der Waals surface area (Å²) in [7, 11) is 0. The lowest BCUT2D eigenvalue weighted by Crippen LogP contribution is -2.48. The molecule has 2 aliphatic rings. The fourth-order valence-electron chi connectivity index (χ4n) is 2.27. The first-order chi connectivity index (χ1) is 5.68. The minimum atomic E-state index is 0.501. The summed E-state index contributed by atoms with van der Waals surface area (Å²) in [6.07, 6.45) is 7.25. The van der Waals surface area contributed by atoms with Crippen molar-refractivity contribution in [2.75, 3.05) is 13.1 Å². The van der Waals surface area contributed by atoms with Crippen LogP contribution >= 0.6 is 0 Å². The molecule has 0 spiro atoms. The molecule has 0 radical (unpaired) electrons. The van der Waals surface area contributed by atoms with Gasteiger partial charge in [0.2, 0.25) is 0 Å². The van der Waals surface area contributed by atoms with Crippen LogP contribution in [0.1, 0.15) is 46.0 Å². The maximum absolute atomic E-state index is 2.72. The van der Waals surface area contributed by atoms with Crippen LogP contribution in [0.2, 0.25) is 0 Å². The smallest absolute Gasteiger partial charge is 0.0153 e. The molecular weight excluding hydrogens is 146 g/mol. The third-order valence-electron chi connectivity index (χ3n) is 3.50. The molecule has 2 fully saturated rings. The Morgan fingerprint density at radius 3 is 2.58 bits per heavy atom. The molecule has 1 nitrogen and oxygen atoms in total. The zero-order chi connectivity index (χ0) is 8.60. The van der Waals surface area contributed by atoms with Crippen molar-refractivity contribution in [2.24, 2.45) is 5.92 Å². The van der Waals surface area contributed by atoms with Crippen molar-refractivity contribution < 1.29 is 0 Å². The van der Waals surface area contributed by atoms with E-state index in [1.807, 2.05) is 0 Å². The Hall–Kier alpha value is -0.0400. The molecule has 0 atom stereocenters. The van der Waals surface area contributed by atoms with Gasteiger partial charge in [0.25, 0.3) is 0 Å². The first kappa shape index (κ1) is 8.55. The summed E-state index contributed by atoms with van der Waals surface area (Å²) in [6, 6.07) is 0. The Labute approximate surface area is 76.1 Å². The molecule has 0 aromatic carbocycles. The summed E-state index contributed by atoms with van der Waals surface area (Å²) in [5.74, 6) is 1.06. The van der Waals surface area contributed by atoms with Gasteiger partial charge in [0.15, 0.2) is 0 Å². The van der Waals surface area contributed by atoms with Gasteiger partial charge in [-0.1, -0.05) is 6.42 Å². The molecule has 1 heterocycles. The van der Waals surface area contributed by atoms with Crippen LogP contribution in [0.5, 0.6) is 0 Å². The van der Waals surface area contributed by atoms with Crippen LogP contribution in [0.25, 0.3) is 0 Å². The molecule has 12 heavy (non-hydrogen) atoms. The lowest BCUT2D eigenvalue weighted by molar-refractivity contribution is 0.0722. The van der Waals surface area contributed by atoms with Crippen molar-refractivity contribution in [1.29, 1.82) is 0 Å². The van der Waals surface area contributed by atoms with Crippen molar-refractivity contribution in [3.05, 3.63) is 0 Å². The monoisotopic (exact) mass is 167 g/mol. The van der Waals surface area contributed by atoms with Crippen molar-refractivity contribution in [3.63, 3.8) is 0 Å². The second-order valence-electron chi connectivity index (χ2n) is 5.16. The summed E-state index contributed by atoms with van der Waals surface area (Å²) in [6.45, 7) is 7.56. The summed E-state index contributed by atoms with van der Waals surface area (Å²) in [5, 5.41) is 0. The van der Waals surface area contributed by atoms with Gasteiger partial charge in [-0.15, -0.1) is 0 Å². The van der Waals surface area contributed by atoms with Crippen LogP contribution in [0, 0.1) is 5.92 Å². The fraction of sp³-hybridized carbons (Fsp3) is 1.00. The number of likely N-dealkylation sites (tertiary alicyclic amines) is 1. The molecule has 1 aliphatic carbocycles. The maximum atomic E-state index is 2.72. The summed E-state index contributed by atoms with van der Waals surface area (Å²) < 4.78 is 0. The molecule has 1 heteroatoms. The van der Waals surface area contributed by atoms with Crippen LogP contribution in [0.15, 0.2) is 0 Å². The molecule has 0 unspecified atom stereocenters. The van der Waals surface area contributed by atoms with Gasteiger partial charge in [-0.25, -0.2) is 0 Å². The second-order valence-corrected chi connectivity index (χ2v) is 5.16. The van der Waals surface area contributed by atoms with Gasteiger partial charge in [0.05, 0.1) is 0 Å². The Morgan fingerprint density at radius 2 is 2.00 bits per heavy atom. The van der Waals surface area contributed by atoms with Gasteiger partial charge in [-0.2, -0.15) is 0 Å². The van der Waals surface area contributed by atoms with E-state index in [9.17, 15) is 0 Å². The SMILES string of the molecule is CC1(C)CCCCN1CC1CC1. The summed E-state index contributed by atoms with van der Waals surface area (Å²) in [5.41, 5.74) is 0.501. The van der Waals surface area contributed by atoms with E-state index < -0.39 is 0 Å². The highest BCUT2D eigenvalue weighted by atomic mass is 15.2. The number of hydrogen-bond donors (Lipinski definition) is 0. The van der Waals surface area contributed by atoms with E-state index in [1.54, 1.807) is 0 Å². The Bertz CT molecular complexity index is 158. The third-order valence-corrected chi connectivity index (χ3v) is 3.50. The van der Waals surface area contributed by atoms with Crippen molar-refractivity contribution in [3.8, 4) is 0 Å². The standard InChI is InChI=1S/C11H21N/c1-11(2)7-3-4-8-12(11)9-10-5-6-10/h10H,3-9H2,1-2H3. The van der Waals surface area contributed by atoms with E-state index in [0.717, 1.165) is 5.92 Å². The number of nitrogens with zero attached hydrogens (tertiary/aromatic N) is 1. The van der Waals surface area contributed by atoms with Crippen LogP contribution in [0.4, 0.5) is 0 Å². The minimum absolute atomic E-state index is 0.501. The van der Waals surface area contributed by atoms with Gasteiger partial charge in [0, 0.05) is 12.1 Å². The normalized spacial score (nSPS) is 30.5. The van der Waals surface area contributed by atoms with Crippen LogP contribution in [-0.2, 0) is 0 Å². The molecule has 1 aliphatic heterocycles. The Balaban J connectivity index is 1.90. The largest absolute Gasteiger partial charge is 0.298 e. The van der Waals surface area contributed by atoms with Crippen molar-refractivity contribution in [2.45, 2.75) is 51.5 Å². The molecular formula is C11H21N. The average Bonchev–Trinajstić information content (AvgIpc) is 2.77. The highest BCUT2D eigenvalue weighted by Gasteiger charge is 2.33. The van der Waals surface area contributed by atoms with Crippen molar-refractivity contribution >= 4 is 0 Å². The third kappa shape index (κ3) is 1.82. The zero-order valence-corrected chi connectivity index (χ0v) is 8.47.